The Hall–Kier alpha value is -1.97. The molecule has 0 spiro atoms. The van der Waals surface area contributed by atoms with E-state index in [1.807, 2.05) is 36.0 Å². The molecule has 0 saturated carbocycles. The molecule has 0 aliphatic heterocycles. The zero-order chi connectivity index (χ0) is 13.1. The normalized spacial score (nSPS) is 10.7. The summed E-state index contributed by atoms with van der Waals surface area (Å²) in [6.07, 6.45) is 0. The molecule has 2 aromatic rings. The first-order chi connectivity index (χ1) is 8.60. The van der Waals surface area contributed by atoms with Crippen LogP contribution >= 0.6 is 0 Å². The summed E-state index contributed by atoms with van der Waals surface area (Å²) in [6, 6.07) is 10.4. The van der Waals surface area contributed by atoms with Gasteiger partial charge in [-0.05, 0) is 38.1 Å². The van der Waals surface area contributed by atoms with Crippen molar-refractivity contribution in [3.63, 3.8) is 0 Å². The molecule has 1 aromatic heterocycles. The Morgan fingerprint density at radius 3 is 2.44 bits per heavy atom. The minimum Gasteiger partial charge on any atom is -0.497 e. The average molecular weight is 245 g/mol. The molecule has 4 nitrogen and oxygen atoms in total. The summed E-state index contributed by atoms with van der Waals surface area (Å²) >= 11 is 0. The van der Waals surface area contributed by atoms with Crippen LogP contribution in [0.25, 0.3) is 11.3 Å². The van der Waals surface area contributed by atoms with Gasteiger partial charge >= 0.3 is 0 Å². The van der Waals surface area contributed by atoms with E-state index in [9.17, 15) is 0 Å². The Bertz CT molecular complexity index is 514. The molecule has 0 atom stereocenters. The van der Waals surface area contributed by atoms with Crippen LogP contribution in [0.1, 0.15) is 13.8 Å². The summed E-state index contributed by atoms with van der Waals surface area (Å²) in [4.78, 5) is 0. The van der Waals surface area contributed by atoms with Crippen LogP contribution in [0.3, 0.4) is 0 Å². The molecule has 96 valence electrons. The van der Waals surface area contributed by atoms with Crippen LogP contribution in [0.4, 0.5) is 5.82 Å². The van der Waals surface area contributed by atoms with Crippen molar-refractivity contribution in [2.24, 2.45) is 7.05 Å². The fourth-order valence-electron chi connectivity index (χ4n) is 1.80. The van der Waals surface area contributed by atoms with Crippen LogP contribution in [0.2, 0.25) is 0 Å². The van der Waals surface area contributed by atoms with Crippen LogP contribution in [0.5, 0.6) is 5.75 Å². The number of benzene rings is 1. The van der Waals surface area contributed by atoms with Gasteiger partial charge in [-0.1, -0.05) is 0 Å². The van der Waals surface area contributed by atoms with Gasteiger partial charge in [-0.25, -0.2) is 0 Å². The molecule has 0 fully saturated rings. The molecule has 0 amide bonds. The van der Waals surface area contributed by atoms with Crippen molar-refractivity contribution >= 4 is 5.82 Å². The molecular weight excluding hydrogens is 226 g/mol. The van der Waals surface area contributed by atoms with Gasteiger partial charge in [-0.15, -0.1) is 0 Å². The van der Waals surface area contributed by atoms with Crippen LogP contribution in [0.15, 0.2) is 30.3 Å². The summed E-state index contributed by atoms with van der Waals surface area (Å²) in [7, 11) is 3.61. The molecule has 1 heterocycles. The van der Waals surface area contributed by atoms with E-state index in [1.54, 1.807) is 7.11 Å². The molecule has 1 aromatic carbocycles. The Kier molecular flexibility index (Phi) is 3.55. The van der Waals surface area contributed by atoms with E-state index >= 15 is 0 Å². The highest BCUT2D eigenvalue weighted by Crippen LogP contribution is 2.23. The summed E-state index contributed by atoms with van der Waals surface area (Å²) in [5, 5.41) is 7.86. The van der Waals surface area contributed by atoms with Crippen molar-refractivity contribution < 1.29 is 4.74 Å². The van der Waals surface area contributed by atoms with Crippen LogP contribution in [-0.4, -0.2) is 22.9 Å². The molecule has 0 bridgehead atoms. The maximum Gasteiger partial charge on any atom is 0.124 e. The number of methoxy groups -OCH3 is 1. The SMILES string of the molecule is COc1ccc(-c2cc(NC(C)C)n(C)n2)cc1. The lowest BCUT2D eigenvalue weighted by atomic mass is 10.1. The van der Waals surface area contributed by atoms with E-state index in [-0.39, 0.29) is 0 Å². The maximum atomic E-state index is 5.15. The second-order valence-electron chi connectivity index (χ2n) is 4.57. The zero-order valence-corrected chi connectivity index (χ0v) is 11.3. The lowest BCUT2D eigenvalue weighted by molar-refractivity contribution is 0.415. The molecule has 0 radical (unpaired) electrons. The van der Waals surface area contributed by atoms with Crippen molar-refractivity contribution in [3.8, 4) is 17.0 Å². The molecule has 1 N–H and O–H groups in total. The molecule has 2 rings (SSSR count). The average Bonchev–Trinajstić information content (AvgIpc) is 2.70. The number of nitrogens with one attached hydrogen (secondary N) is 1. The van der Waals surface area contributed by atoms with Crippen molar-refractivity contribution in [1.29, 1.82) is 0 Å². The minimum absolute atomic E-state index is 0.393. The Morgan fingerprint density at radius 1 is 1.22 bits per heavy atom. The van der Waals surface area contributed by atoms with Gasteiger partial charge in [0.25, 0.3) is 0 Å². The van der Waals surface area contributed by atoms with E-state index in [1.165, 1.54) is 0 Å². The van der Waals surface area contributed by atoms with E-state index in [0.717, 1.165) is 22.8 Å². The quantitative estimate of drug-likeness (QED) is 0.900. The highest BCUT2D eigenvalue weighted by Gasteiger charge is 2.07. The van der Waals surface area contributed by atoms with Crippen molar-refractivity contribution in [2.45, 2.75) is 19.9 Å². The van der Waals surface area contributed by atoms with E-state index in [0.29, 0.717) is 6.04 Å². The Labute approximate surface area is 108 Å². The smallest absolute Gasteiger partial charge is 0.124 e. The van der Waals surface area contributed by atoms with Crippen molar-refractivity contribution in [2.75, 3.05) is 12.4 Å². The fraction of sp³-hybridized carbons (Fsp3) is 0.357. The molecule has 0 aliphatic rings. The van der Waals surface area contributed by atoms with Gasteiger partial charge < -0.3 is 10.1 Å². The number of hydrogen-bond donors (Lipinski definition) is 1. The number of anilines is 1. The predicted octanol–water partition coefficient (Wildman–Crippen LogP) is 2.92. The Morgan fingerprint density at radius 2 is 1.89 bits per heavy atom. The number of ether oxygens (including phenoxy) is 1. The second kappa shape index (κ2) is 5.12. The fourth-order valence-corrected chi connectivity index (χ4v) is 1.80. The number of aromatic nitrogens is 2. The standard InChI is InChI=1S/C14H19N3O/c1-10(2)15-14-9-13(16-17(14)3)11-5-7-12(18-4)8-6-11/h5-10,15H,1-4H3. The van der Waals surface area contributed by atoms with Crippen molar-refractivity contribution in [1.82, 2.24) is 9.78 Å². The third-order valence-corrected chi connectivity index (χ3v) is 2.70. The van der Waals surface area contributed by atoms with Crippen LogP contribution in [-0.2, 0) is 7.05 Å². The molecular formula is C14H19N3O. The van der Waals surface area contributed by atoms with Gasteiger partial charge in [0.2, 0.25) is 0 Å². The van der Waals surface area contributed by atoms with Gasteiger partial charge in [0.1, 0.15) is 11.6 Å². The third-order valence-electron chi connectivity index (χ3n) is 2.70. The summed E-state index contributed by atoms with van der Waals surface area (Å²) < 4.78 is 7.01. The van der Waals surface area contributed by atoms with E-state index < -0.39 is 0 Å². The number of nitrogens with zero attached hydrogens (tertiary/aromatic N) is 2. The van der Waals surface area contributed by atoms with Crippen molar-refractivity contribution in [3.05, 3.63) is 30.3 Å². The Balaban J connectivity index is 2.27. The van der Waals surface area contributed by atoms with Gasteiger partial charge in [0, 0.05) is 24.7 Å². The van der Waals surface area contributed by atoms with Gasteiger partial charge in [0.05, 0.1) is 12.8 Å². The summed E-state index contributed by atoms with van der Waals surface area (Å²) in [6.45, 7) is 4.22. The zero-order valence-electron chi connectivity index (χ0n) is 11.3. The predicted molar refractivity (Wildman–Crippen MR) is 74.0 cm³/mol. The first-order valence-corrected chi connectivity index (χ1v) is 6.05. The molecule has 0 saturated heterocycles. The number of hydrogen-bond acceptors (Lipinski definition) is 3. The van der Waals surface area contributed by atoms with Gasteiger partial charge in [0.15, 0.2) is 0 Å². The van der Waals surface area contributed by atoms with Gasteiger partial charge in [-0.3, -0.25) is 4.68 Å². The maximum absolute atomic E-state index is 5.15. The largest absolute Gasteiger partial charge is 0.497 e. The van der Waals surface area contributed by atoms with E-state index in [2.05, 4.69) is 30.3 Å². The summed E-state index contributed by atoms with van der Waals surface area (Å²) in [5.41, 5.74) is 2.05. The van der Waals surface area contributed by atoms with Gasteiger partial charge in [-0.2, -0.15) is 5.10 Å². The summed E-state index contributed by atoms with van der Waals surface area (Å²) in [5.74, 6) is 1.88. The molecule has 0 unspecified atom stereocenters. The third kappa shape index (κ3) is 2.64. The molecule has 0 aliphatic carbocycles. The lowest BCUT2D eigenvalue weighted by Gasteiger charge is -2.08. The highest BCUT2D eigenvalue weighted by atomic mass is 16.5. The highest BCUT2D eigenvalue weighted by molar-refractivity contribution is 5.63. The topological polar surface area (TPSA) is 39.1 Å². The first kappa shape index (κ1) is 12.5. The second-order valence-corrected chi connectivity index (χ2v) is 4.57. The van der Waals surface area contributed by atoms with Crippen LogP contribution < -0.4 is 10.1 Å². The minimum atomic E-state index is 0.393. The lowest BCUT2D eigenvalue weighted by Crippen LogP contribution is -2.12. The monoisotopic (exact) mass is 245 g/mol. The first-order valence-electron chi connectivity index (χ1n) is 6.05. The van der Waals surface area contributed by atoms with Crippen LogP contribution in [0, 0.1) is 0 Å². The van der Waals surface area contributed by atoms with E-state index in [4.69, 9.17) is 4.74 Å². The number of rotatable bonds is 4. The molecule has 4 heteroatoms. The number of aryl methyl sites for hydroxylation is 1. The molecule has 18 heavy (non-hydrogen) atoms.